The summed E-state index contributed by atoms with van der Waals surface area (Å²) in [5.74, 6) is 0.0759. The van der Waals surface area contributed by atoms with Crippen molar-refractivity contribution in [3.8, 4) is 11.5 Å². The number of aldehydes is 1. The minimum absolute atomic E-state index is 0.0226. The Morgan fingerprint density at radius 2 is 1.80 bits per heavy atom. The van der Waals surface area contributed by atoms with Gasteiger partial charge in [0.15, 0.2) is 11.5 Å². The number of nitrogens with one attached hydrogen (secondary N) is 1. The first-order chi connectivity index (χ1) is 19.5. The molecule has 5 rings (SSSR count). The Bertz CT molecular complexity index is 1120. The van der Waals surface area contributed by atoms with Crippen LogP contribution in [0.25, 0.3) is 0 Å². The second kappa shape index (κ2) is 12.7. The molecule has 4 aliphatic rings. The summed E-state index contributed by atoms with van der Waals surface area (Å²) in [6.45, 7) is -0.150. The molecule has 0 spiro atoms. The lowest BCUT2D eigenvalue weighted by Gasteiger charge is -2.44. The van der Waals surface area contributed by atoms with Crippen LogP contribution in [0.2, 0.25) is 0 Å². The largest absolute Gasteiger partial charge is 0.493 e. The molecule has 0 aromatic heterocycles. The van der Waals surface area contributed by atoms with E-state index in [1.54, 1.807) is 18.2 Å². The van der Waals surface area contributed by atoms with Crippen molar-refractivity contribution in [3.63, 3.8) is 0 Å². The summed E-state index contributed by atoms with van der Waals surface area (Å²) in [6.07, 6.45) is 11.4. The number of aliphatic hydroxyl groups excluding tert-OH is 2. The van der Waals surface area contributed by atoms with Crippen LogP contribution in [0.3, 0.4) is 0 Å². The highest BCUT2D eigenvalue weighted by Gasteiger charge is 2.52. The lowest BCUT2D eigenvalue weighted by atomic mass is 9.76. The molecule has 4 atom stereocenters. The molecule has 0 saturated heterocycles. The van der Waals surface area contributed by atoms with Crippen molar-refractivity contribution in [2.45, 2.75) is 101 Å². The lowest BCUT2D eigenvalue weighted by molar-refractivity contribution is -0.142. The quantitative estimate of drug-likeness (QED) is 0.316. The van der Waals surface area contributed by atoms with Gasteiger partial charge in [-0.1, -0.05) is 38.5 Å². The zero-order valence-electron chi connectivity index (χ0n) is 23.3. The van der Waals surface area contributed by atoms with Crippen LogP contribution in [-0.4, -0.2) is 77.8 Å². The molecule has 1 aromatic carbocycles. The molecule has 218 valence electrons. The number of carbonyl (C=O) groups is 3. The number of nitrogens with zero attached hydrogens (tertiary/aromatic N) is 1. The van der Waals surface area contributed by atoms with Crippen LogP contribution in [0.1, 0.15) is 92.5 Å². The summed E-state index contributed by atoms with van der Waals surface area (Å²) in [7, 11) is 1.48. The zero-order valence-corrected chi connectivity index (χ0v) is 23.3. The van der Waals surface area contributed by atoms with Crippen molar-refractivity contribution in [2.24, 2.45) is 5.92 Å². The Morgan fingerprint density at radius 1 is 1.10 bits per heavy atom. The van der Waals surface area contributed by atoms with Crippen molar-refractivity contribution in [3.05, 3.63) is 34.9 Å². The second-order valence-corrected chi connectivity index (χ2v) is 11.7. The van der Waals surface area contributed by atoms with Crippen LogP contribution in [0.4, 0.5) is 0 Å². The fourth-order valence-electron chi connectivity index (χ4n) is 7.25. The Morgan fingerprint density at radius 3 is 2.45 bits per heavy atom. The van der Waals surface area contributed by atoms with Crippen molar-refractivity contribution >= 4 is 18.1 Å². The highest BCUT2D eigenvalue weighted by molar-refractivity contribution is 5.96. The summed E-state index contributed by atoms with van der Waals surface area (Å²) in [4.78, 5) is 41.2. The number of hydrogen-bond acceptors (Lipinski definition) is 7. The maximum Gasteiger partial charge on any atom is 0.247 e. The van der Waals surface area contributed by atoms with E-state index in [0.717, 1.165) is 64.2 Å². The summed E-state index contributed by atoms with van der Waals surface area (Å²) in [5.41, 5.74) is 1.33. The number of aliphatic hydroxyl groups is 2. The van der Waals surface area contributed by atoms with Gasteiger partial charge in [0.05, 0.1) is 25.7 Å². The molecular weight excluding hydrogens is 512 g/mol. The van der Waals surface area contributed by atoms with Gasteiger partial charge in [-0.2, -0.15) is 0 Å². The second-order valence-electron chi connectivity index (χ2n) is 11.7. The molecule has 3 aliphatic carbocycles. The minimum Gasteiger partial charge on any atom is -0.493 e. The normalized spacial score (nSPS) is 26.6. The maximum atomic E-state index is 14.1. The van der Waals surface area contributed by atoms with Crippen LogP contribution in [0.5, 0.6) is 11.5 Å². The summed E-state index contributed by atoms with van der Waals surface area (Å²) in [5, 5.41) is 24.0. The first kappa shape index (κ1) is 28.6. The number of fused-ring (bicyclic) bond motifs is 3. The van der Waals surface area contributed by atoms with Gasteiger partial charge in [0.2, 0.25) is 11.8 Å². The molecule has 1 aliphatic heterocycles. The molecular formula is C31H42N2O7. The molecule has 2 saturated carbocycles. The van der Waals surface area contributed by atoms with E-state index in [0.29, 0.717) is 46.8 Å². The van der Waals surface area contributed by atoms with Crippen LogP contribution < -0.4 is 14.8 Å². The number of ether oxygens (including phenoxy) is 2. The third-order valence-electron chi connectivity index (χ3n) is 9.18. The van der Waals surface area contributed by atoms with Crippen LogP contribution in [-0.2, 0) is 9.59 Å². The number of benzene rings is 1. The molecule has 40 heavy (non-hydrogen) atoms. The molecule has 1 heterocycles. The lowest BCUT2D eigenvalue weighted by Crippen LogP contribution is -2.58. The van der Waals surface area contributed by atoms with Gasteiger partial charge in [-0.3, -0.25) is 14.4 Å². The smallest absolute Gasteiger partial charge is 0.247 e. The van der Waals surface area contributed by atoms with E-state index in [1.165, 1.54) is 7.11 Å². The van der Waals surface area contributed by atoms with Crippen LogP contribution in [0.15, 0.2) is 23.8 Å². The Hall–Kier alpha value is -2.91. The van der Waals surface area contributed by atoms with Crippen molar-refractivity contribution in [1.82, 2.24) is 10.2 Å². The van der Waals surface area contributed by atoms with Gasteiger partial charge >= 0.3 is 0 Å². The molecule has 3 N–H and O–H groups in total. The Balaban J connectivity index is 1.57. The van der Waals surface area contributed by atoms with Gasteiger partial charge in [0.25, 0.3) is 0 Å². The monoisotopic (exact) mass is 554 g/mol. The fourth-order valence-corrected chi connectivity index (χ4v) is 7.25. The third-order valence-corrected chi connectivity index (χ3v) is 9.18. The van der Waals surface area contributed by atoms with E-state index in [1.807, 2.05) is 4.90 Å². The molecule has 1 aromatic rings. The average Bonchev–Trinajstić information content (AvgIpc) is 3.53. The fraction of sp³-hybridized carbons (Fsp3) is 0.645. The highest BCUT2D eigenvalue weighted by atomic mass is 16.5. The van der Waals surface area contributed by atoms with Gasteiger partial charge < -0.3 is 29.9 Å². The Labute approximate surface area is 235 Å². The minimum atomic E-state index is -1.09. The molecule has 9 heteroatoms. The van der Waals surface area contributed by atoms with Gasteiger partial charge in [0, 0.05) is 35.7 Å². The number of rotatable bonds is 9. The molecule has 2 fully saturated rings. The molecule has 0 unspecified atom stereocenters. The number of methoxy groups -OCH3 is 1. The molecule has 9 nitrogen and oxygen atoms in total. The summed E-state index contributed by atoms with van der Waals surface area (Å²) < 4.78 is 11.9. The van der Waals surface area contributed by atoms with E-state index < -0.39 is 30.1 Å². The van der Waals surface area contributed by atoms with Crippen molar-refractivity contribution < 1.29 is 34.1 Å². The van der Waals surface area contributed by atoms with E-state index in [9.17, 15) is 24.6 Å². The predicted molar refractivity (Wildman–Crippen MR) is 148 cm³/mol. The van der Waals surface area contributed by atoms with Gasteiger partial charge in [-0.15, -0.1) is 0 Å². The van der Waals surface area contributed by atoms with Crippen LogP contribution in [0, 0.1) is 5.92 Å². The number of hydrogen-bond donors (Lipinski definition) is 3. The topological polar surface area (TPSA) is 125 Å². The molecule has 0 bridgehead atoms. The standard InChI is InChI=1S/C31H42N2O7/c1-39-25-15-20(18-35)14-22-27-23(31(38)32-12-13-34)17-24(28(37)30(27)40-29(22)25)33(21-10-4-2-3-5-11-21)26(36)16-19-8-6-7-9-19/h14-15,17-19,21,24,27-28,30,34,37H,2-13,16H2,1H3,(H,32,38)/t24-,27+,28+,30+/m1/s1. The van der Waals surface area contributed by atoms with Crippen LogP contribution >= 0.6 is 0 Å². The van der Waals surface area contributed by atoms with E-state index in [4.69, 9.17) is 9.47 Å². The van der Waals surface area contributed by atoms with Crippen molar-refractivity contribution in [1.29, 1.82) is 0 Å². The SMILES string of the molecule is COc1cc(C=O)cc2c1O[C@@H]1[C@@H](O)[C@H](N(C(=O)CC3CCCC3)C3CCCCCC3)C=C(C(=O)NCCO)[C@H]21. The third kappa shape index (κ3) is 5.63. The first-order valence-corrected chi connectivity index (χ1v) is 14.9. The summed E-state index contributed by atoms with van der Waals surface area (Å²) >= 11 is 0. The maximum absolute atomic E-state index is 14.1. The van der Waals surface area contributed by atoms with E-state index in [-0.39, 0.29) is 25.1 Å². The van der Waals surface area contributed by atoms with E-state index >= 15 is 0 Å². The zero-order chi connectivity index (χ0) is 28.2. The highest BCUT2D eigenvalue weighted by Crippen LogP contribution is 2.51. The summed E-state index contributed by atoms with van der Waals surface area (Å²) in [6, 6.07) is 2.49. The van der Waals surface area contributed by atoms with Crippen molar-refractivity contribution in [2.75, 3.05) is 20.3 Å². The van der Waals surface area contributed by atoms with E-state index in [2.05, 4.69) is 5.32 Å². The Kier molecular flexibility index (Phi) is 9.10. The first-order valence-electron chi connectivity index (χ1n) is 14.9. The van der Waals surface area contributed by atoms with Gasteiger partial charge in [-0.05, 0) is 49.8 Å². The number of carbonyl (C=O) groups excluding carboxylic acids is 3. The number of amides is 2. The average molecular weight is 555 g/mol. The predicted octanol–water partition coefficient (Wildman–Crippen LogP) is 3.26. The molecule has 2 amide bonds. The molecule has 0 radical (unpaired) electrons. The van der Waals surface area contributed by atoms with Gasteiger partial charge in [0.1, 0.15) is 18.5 Å². The van der Waals surface area contributed by atoms with Gasteiger partial charge in [-0.25, -0.2) is 0 Å².